The number of rotatable bonds is 8. The molecule has 7 nitrogen and oxygen atoms in total. The minimum atomic E-state index is -3.45. The molecule has 1 fully saturated rings. The number of sulfonamides is 1. The monoisotopic (exact) mass is 469 g/mol. The van der Waals surface area contributed by atoms with E-state index in [4.69, 9.17) is 14.2 Å². The number of hydrogen-bond acceptors (Lipinski definition) is 6. The van der Waals surface area contributed by atoms with Gasteiger partial charge in [0.1, 0.15) is 22.8 Å². The molecule has 174 valence electrons. The van der Waals surface area contributed by atoms with Crippen LogP contribution in [0.25, 0.3) is 12.2 Å². The summed E-state index contributed by atoms with van der Waals surface area (Å²) in [6, 6.07) is 8.49. The molecule has 0 unspecified atom stereocenters. The normalized spacial score (nSPS) is 16.7. The maximum atomic E-state index is 13.1. The summed E-state index contributed by atoms with van der Waals surface area (Å²) in [6.45, 7) is 3.83. The van der Waals surface area contributed by atoms with Gasteiger partial charge in [-0.1, -0.05) is 12.1 Å². The Morgan fingerprint density at radius 2 is 1.82 bits per heavy atom. The predicted octanol–water partition coefficient (Wildman–Crippen LogP) is 4.69. The lowest BCUT2D eigenvalue weighted by atomic mass is 9.97. The molecule has 0 radical (unpaired) electrons. The Morgan fingerprint density at radius 1 is 1.12 bits per heavy atom. The van der Waals surface area contributed by atoms with Crippen LogP contribution in [-0.2, 0) is 10.0 Å². The molecule has 0 aromatic heterocycles. The van der Waals surface area contributed by atoms with E-state index in [-0.39, 0.29) is 11.0 Å². The number of ether oxygens (including phenoxy) is 3. The van der Waals surface area contributed by atoms with Gasteiger partial charge in [0, 0.05) is 0 Å². The molecule has 4 rings (SSSR count). The van der Waals surface area contributed by atoms with E-state index in [1.165, 1.54) is 13.2 Å². The highest BCUT2D eigenvalue weighted by molar-refractivity contribution is 7.93. The summed E-state index contributed by atoms with van der Waals surface area (Å²) in [4.78, 5) is 13.1. The molecule has 1 heterocycles. The van der Waals surface area contributed by atoms with Gasteiger partial charge in [0.2, 0.25) is 10.0 Å². The second kappa shape index (κ2) is 8.59. The van der Waals surface area contributed by atoms with Gasteiger partial charge in [0.15, 0.2) is 5.78 Å². The number of carbonyl (C=O) groups excluding carboxylic acids is 1. The van der Waals surface area contributed by atoms with Crippen molar-refractivity contribution in [2.75, 3.05) is 18.9 Å². The SMILES string of the molecule is COc1ccc(C=CC(=O)c2ccc(OC)c3c2OC(C)(C)C=C3)cc1NS(=O)(=O)C1CC1. The fourth-order valence-electron chi connectivity index (χ4n) is 3.59. The van der Waals surface area contributed by atoms with Crippen LogP contribution in [0.5, 0.6) is 17.2 Å². The van der Waals surface area contributed by atoms with E-state index in [2.05, 4.69) is 4.72 Å². The minimum absolute atomic E-state index is 0.240. The molecule has 1 aliphatic carbocycles. The van der Waals surface area contributed by atoms with Crippen LogP contribution in [0.4, 0.5) is 5.69 Å². The van der Waals surface area contributed by atoms with Crippen molar-refractivity contribution in [2.24, 2.45) is 0 Å². The molecular formula is C25H27NO6S. The zero-order valence-corrected chi connectivity index (χ0v) is 19.9. The van der Waals surface area contributed by atoms with Crippen molar-refractivity contribution in [2.45, 2.75) is 37.5 Å². The largest absolute Gasteiger partial charge is 0.496 e. The van der Waals surface area contributed by atoms with Gasteiger partial charge in [-0.15, -0.1) is 0 Å². The van der Waals surface area contributed by atoms with Crippen LogP contribution in [-0.4, -0.2) is 39.3 Å². The lowest BCUT2D eigenvalue weighted by Crippen LogP contribution is -2.28. The predicted molar refractivity (Wildman–Crippen MR) is 129 cm³/mol. The first-order chi connectivity index (χ1) is 15.6. The third-order valence-electron chi connectivity index (χ3n) is 5.52. The molecule has 0 bridgehead atoms. The highest BCUT2D eigenvalue weighted by Crippen LogP contribution is 2.40. The molecule has 2 aliphatic rings. The third kappa shape index (κ3) is 4.90. The summed E-state index contributed by atoms with van der Waals surface area (Å²) in [7, 11) is -0.397. The molecule has 33 heavy (non-hydrogen) atoms. The second-order valence-electron chi connectivity index (χ2n) is 8.60. The summed E-state index contributed by atoms with van der Waals surface area (Å²) in [5, 5.41) is -0.359. The number of allylic oxidation sites excluding steroid dienone is 1. The molecule has 0 atom stereocenters. The number of hydrogen-bond donors (Lipinski definition) is 1. The topological polar surface area (TPSA) is 90.9 Å². The molecule has 1 saturated carbocycles. The van der Waals surface area contributed by atoms with E-state index in [1.54, 1.807) is 43.5 Å². The molecule has 1 aliphatic heterocycles. The first-order valence-electron chi connectivity index (χ1n) is 10.6. The van der Waals surface area contributed by atoms with Crippen LogP contribution in [0.3, 0.4) is 0 Å². The van der Waals surface area contributed by atoms with Crippen molar-refractivity contribution >= 4 is 33.6 Å². The molecule has 8 heteroatoms. The zero-order chi connectivity index (χ0) is 23.8. The maximum Gasteiger partial charge on any atom is 0.235 e. The average molecular weight is 470 g/mol. The summed E-state index contributed by atoms with van der Waals surface area (Å²) in [5.41, 5.74) is 1.58. The fourth-order valence-corrected chi connectivity index (χ4v) is 4.98. The van der Waals surface area contributed by atoms with E-state index in [9.17, 15) is 13.2 Å². The van der Waals surface area contributed by atoms with Crippen LogP contribution >= 0.6 is 0 Å². The van der Waals surface area contributed by atoms with Gasteiger partial charge in [-0.25, -0.2) is 8.42 Å². The number of fused-ring (bicyclic) bond motifs is 1. The molecule has 0 saturated heterocycles. The van der Waals surface area contributed by atoms with E-state index in [1.807, 2.05) is 26.0 Å². The van der Waals surface area contributed by atoms with E-state index in [0.717, 1.165) is 5.56 Å². The smallest absolute Gasteiger partial charge is 0.235 e. The lowest BCUT2D eigenvalue weighted by molar-refractivity contribution is 0.103. The van der Waals surface area contributed by atoms with Crippen molar-refractivity contribution in [1.29, 1.82) is 0 Å². The van der Waals surface area contributed by atoms with Crippen LogP contribution in [0, 0.1) is 0 Å². The van der Waals surface area contributed by atoms with Gasteiger partial charge in [-0.2, -0.15) is 0 Å². The van der Waals surface area contributed by atoms with Gasteiger partial charge in [-0.3, -0.25) is 9.52 Å². The number of anilines is 1. The Labute approximate surface area is 194 Å². The van der Waals surface area contributed by atoms with Crippen molar-refractivity contribution in [3.05, 3.63) is 59.2 Å². The Bertz CT molecular complexity index is 1260. The highest BCUT2D eigenvalue weighted by Gasteiger charge is 2.36. The van der Waals surface area contributed by atoms with Crippen molar-refractivity contribution in [1.82, 2.24) is 0 Å². The highest BCUT2D eigenvalue weighted by atomic mass is 32.2. The molecule has 0 spiro atoms. The molecular weight excluding hydrogens is 442 g/mol. The Hall–Kier alpha value is -3.26. The zero-order valence-electron chi connectivity index (χ0n) is 19.0. The number of nitrogens with one attached hydrogen (secondary N) is 1. The van der Waals surface area contributed by atoms with Crippen LogP contribution in [0.2, 0.25) is 0 Å². The van der Waals surface area contributed by atoms with Gasteiger partial charge in [-0.05, 0) is 74.7 Å². The molecule has 0 amide bonds. The summed E-state index contributed by atoms with van der Waals surface area (Å²) in [6.07, 6.45) is 8.22. The molecule has 1 N–H and O–H groups in total. The van der Waals surface area contributed by atoms with Crippen molar-refractivity contribution in [3.8, 4) is 17.2 Å². The van der Waals surface area contributed by atoms with E-state index < -0.39 is 15.6 Å². The van der Waals surface area contributed by atoms with Gasteiger partial charge in [0.05, 0.1) is 36.3 Å². The quantitative estimate of drug-likeness (QED) is 0.446. The average Bonchev–Trinajstić information content (AvgIpc) is 3.62. The lowest BCUT2D eigenvalue weighted by Gasteiger charge is -2.29. The van der Waals surface area contributed by atoms with Crippen molar-refractivity contribution < 1.29 is 27.4 Å². The van der Waals surface area contributed by atoms with Crippen LogP contribution in [0.15, 0.2) is 42.5 Å². The fraction of sp³-hybridized carbons (Fsp3) is 0.320. The number of benzene rings is 2. The standard InChI is InChI=1S/C25H27NO6S/c1-25(2)14-13-19-22(30-3)12-9-18(24(19)32-25)21(27)10-5-16-6-11-23(31-4)20(15-16)26-33(28,29)17-7-8-17/h5-6,9-15,17,26H,7-8H2,1-4H3. The summed E-state index contributed by atoms with van der Waals surface area (Å²) in [5.74, 6) is 1.27. The number of methoxy groups -OCH3 is 2. The van der Waals surface area contributed by atoms with E-state index >= 15 is 0 Å². The van der Waals surface area contributed by atoms with E-state index in [0.29, 0.717) is 46.9 Å². The second-order valence-corrected chi connectivity index (χ2v) is 10.6. The number of carbonyl (C=O) groups is 1. The first-order valence-corrected chi connectivity index (χ1v) is 12.2. The van der Waals surface area contributed by atoms with Crippen molar-refractivity contribution in [3.63, 3.8) is 0 Å². The van der Waals surface area contributed by atoms with Gasteiger partial charge < -0.3 is 14.2 Å². The Kier molecular flexibility index (Phi) is 5.97. The Balaban J connectivity index is 1.62. The number of ketones is 1. The van der Waals surface area contributed by atoms with Gasteiger partial charge in [0.25, 0.3) is 0 Å². The summed E-state index contributed by atoms with van der Waals surface area (Å²) >= 11 is 0. The third-order valence-corrected chi connectivity index (χ3v) is 7.38. The minimum Gasteiger partial charge on any atom is -0.496 e. The first kappa shape index (κ1) is 22.9. The molecule has 2 aromatic rings. The molecule has 2 aromatic carbocycles. The summed E-state index contributed by atoms with van der Waals surface area (Å²) < 4.78 is 44.1. The van der Waals surface area contributed by atoms with Gasteiger partial charge >= 0.3 is 0 Å². The Morgan fingerprint density at radius 3 is 2.48 bits per heavy atom. The van der Waals surface area contributed by atoms with Crippen LogP contribution in [0.1, 0.15) is 48.2 Å². The maximum absolute atomic E-state index is 13.1. The van der Waals surface area contributed by atoms with Crippen LogP contribution < -0.4 is 18.9 Å².